The first-order valence-corrected chi connectivity index (χ1v) is 8.50. The molecule has 0 saturated heterocycles. The minimum atomic E-state index is -3.65. The molecule has 0 aliphatic heterocycles. The van der Waals surface area contributed by atoms with Crippen molar-refractivity contribution in [2.24, 2.45) is 0 Å². The van der Waals surface area contributed by atoms with E-state index in [4.69, 9.17) is 0 Å². The van der Waals surface area contributed by atoms with Crippen molar-refractivity contribution in [1.82, 2.24) is 4.72 Å². The van der Waals surface area contributed by atoms with E-state index in [0.717, 1.165) is 25.7 Å². The molecule has 1 aliphatic carbocycles. The van der Waals surface area contributed by atoms with Gasteiger partial charge >= 0.3 is 5.97 Å². The summed E-state index contributed by atoms with van der Waals surface area (Å²) >= 11 is 0. The molecule has 1 aromatic carbocycles. The van der Waals surface area contributed by atoms with Gasteiger partial charge in [-0.2, -0.15) is 0 Å². The number of carboxylic acids is 1. The van der Waals surface area contributed by atoms with E-state index in [1.165, 1.54) is 31.7 Å². The minimum Gasteiger partial charge on any atom is -0.478 e. The third-order valence-corrected chi connectivity index (χ3v) is 5.18. The van der Waals surface area contributed by atoms with Gasteiger partial charge in [0.25, 0.3) is 0 Å². The lowest BCUT2D eigenvalue weighted by Gasteiger charge is -2.24. The fraction of sp³-hybridized carbons (Fsp3) is 0.500. The summed E-state index contributed by atoms with van der Waals surface area (Å²) in [5.74, 6) is -1.14. The monoisotopic (exact) mass is 312 g/mol. The molecule has 7 heteroatoms. The van der Waals surface area contributed by atoms with E-state index in [1.54, 1.807) is 0 Å². The Morgan fingerprint density at radius 2 is 1.90 bits per heavy atom. The van der Waals surface area contributed by atoms with Crippen LogP contribution in [0.3, 0.4) is 0 Å². The van der Waals surface area contributed by atoms with E-state index >= 15 is 0 Å². The van der Waals surface area contributed by atoms with E-state index < -0.39 is 16.0 Å². The standard InChI is InChI=1S/C14H20N2O4S/c1-15-21(19,20)11-7-8-13(12(9-11)14(17)18)16-10-5-3-2-4-6-10/h7-10,15-16H,2-6H2,1H3,(H,17,18). The minimum absolute atomic E-state index is 0.0168. The van der Waals surface area contributed by atoms with Gasteiger partial charge < -0.3 is 10.4 Å². The Kier molecular flexibility index (Phi) is 4.84. The van der Waals surface area contributed by atoms with E-state index in [-0.39, 0.29) is 16.5 Å². The molecule has 6 nitrogen and oxygen atoms in total. The molecule has 1 aromatic rings. The lowest BCUT2D eigenvalue weighted by atomic mass is 9.95. The topological polar surface area (TPSA) is 95.5 Å². The molecule has 2 rings (SSSR count). The molecular formula is C14H20N2O4S. The molecule has 1 saturated carbocycles. The largest absolute Gasteiger partial charge is 0.478 e. The number of aromatic carboxylic acids is 1. The third kappa shape index (κ3) is 3.74. The molecule has 0 radical (unpaired) electrons. The van der Waals surface area contributed by atoms with Crippen molar-refractivity contribution in [3.63, 3.8) is 0 Å². The lowest BCUT2D eigenvalue weighted by Crippen LogP contribution is -2.24. The van der Waals surface area contributed by atoms with Crippen LogP contribution in [0.1, 0.15) is 42.5 Å². The highest BCUT2D eigenvalue weighted by Gasteiger charge is 2.20. The summed E-state index contributed by atoms with van der Waals surface area (Å²) in [7, 11) is -2.35. The Balaban J connectivity index is 2.31. The second kappa shape index (κ2) is 6.44. The summed E-state index contributed by atoms with van der Waals surface area (Å²) < 4.78 is 25.7. The van der Waals surface area contributed by atoms with Crippen molar-refractivity contribution < 1.29 is 18.3 Å². The molecule has 0 atom stereocenters. The van der Waals surface area contributed by atoms with Crippen LogP contribution in [0, 0.1) is 0 Å². The fourth-order valence-electron chi connectivity index (χ4n) is 2.58. The average molecular weight is 312 g/mol. The molecule has 0 spiro atoms. The fourth-order valence-corrected chi connectivity index (χ4v) is 3.33. The summed E-state index contributed by atoms with van der Waals surface area (Å²) in [5.41, 5.74) is 0.460. The predicted molar refractivity (Wildman–Crippen MR) is 80.1 cm³/mol. The number of sulfonamides is 1. The molecule has 0 unspecified atom stereocenters. The number of hydrogen-bond donors (Lipinski definition) is 3. The van der Waals surface area contributed by atoms with Gasteiger partial charge in [0.15, 0.2) is 0 Å². The molecule has 0 aromatic heterocycles. The molecular weight excluding hydrogens is 292 g/mol. The Hall–Kier alpha value is -1.60. The van der Waals surface area contributed by atoms with Gasteiger partial charge in [-0.25, -0.2) is 17.9 Å². The van der Waals surface area contributed by atoms with Crippen LogP contribution in [0.15, 0.2) is 23.1 Å². The van der Waals surface area contributed by atoms with Gasteiger partial charge in [-0.1, -0.05) is 19.3 Å². The van der Waals surface area contributed by atoms with Crippen molar-refractivity contribution in [3.8, 4) is 0 Å². The van der Waals surface area contributed by atoms with Crippen LogP contribution in [0.5, 0.6) is 0 Å². The van der Waals surface area contributed by atoms with Crippen LogP contribution < -0.4 is 10.0 Å². The maximum absolute atomic E-state index is 11.8. The van der Waals surface area contributed by atoms with Gasteiger partial charge in [0.1, 0.15) is 0 Å². The normalized spacial score (nSPS) is 16.6. The number of benzene rings is 1. The van der Waals surface area contributed by atoms with Crippen LogP contribution in [0.25, 0.3) is 0 Å². The van der Waals surface area contributed by atoms with Crippen molar-refractivity contribution in [2.75, 3.05) is 12.4 Å². The van der Waals surface area contributed by atoms with Gasteiger partial charge in [-0.3, -0.25) is 0 Å². The summed E-state index contributed by atoms with van der Waals surface area (Å²) in [5, 5.41) is 12.5. The van der Waals surface area contributed by atoms with Crippen LogP contribution >= 0.6 is 0 Å². The number of carbonyl (C=O) groups is 1. The Morgan fingerprint density at radius 1 is 1.24 bits per heavy atom. The van der Waals surface area contributed by atoms with E-state index in [2.05, 4.69) is 10.0 Å². The summed E-state index contributed by atoms with van der Waals surface area (Å²) in [6.07, 6.45) is 5.49. The maximum atomic E-state index is 11.8. The SMILES string of the molecule is CNS(=O)(=O)c1ccc(NC2CCCCC2)c(C(=O)O)c1. The van der Waals surface area contributed by atoms with Gasteiger partial charge in [-0.05, 0) is 38.1 Å². The summed E-state index contributed by atoms with van der Waals surface area (Å²) in [6, 6.07) is 4.40. The van der Waals surface area contributed by atoms with Crippen molar-refractivity contribution in [3.05, 3.63) is 23.8 Å². The van der Waals surface area contributed by atoms with Crippen molar-refractivity contribution >= 4 is 21.7 Å². The molecule has 0 bridgehead atoms. The van der Waals surface area contributed by atoms with E-state index in [1.807, 2.05) is 0 Å². The van der Waals surface area contributed by atoms with Crippen LogP contribution in [0.4, 0.5) is 5.69 Å². The number of anilines is 1. The summed E-state index contributed by atoms with van der Waals surface area (Å²) in [4.78, 5) is 11.3. The predicted octanol–water partition coefficient (Wildman–Crippen LogP) is 2.04. The average Bonchev–Trinajstić information content (AvgIpc) is 2.48. The van der Waals surface area contributed by atoms with Crippen LogP contribution in [0.2, 0.25) is 0 Å². The zero-order chi connectivity index (χ0) is 15.5. The van der Waals surface area contributed by atoms with E-state index in [0.29, 0.717) is 5.69 Å². The zero-order valence-corrected chi connectivity index (χ0v) is 12.7. The van der Waals surface area contributed by atoms with Crippen LogP contribution in [-0.2, 0) is 10.0 Å². The third-order valence-electron chi connectivity index (χ3n) is 3.77. The molecule has 1 fully saturated rings. The first kappa shape index (κ1) is 15.8. The van der Waals surface area contributed by atoms with Crippen molar-refractivity contribution in [1.29, 1.82) is 0 Å². The highest BCUT2D eigenvalue weighted by molar-refractivity contribution is 7.89. The summed E-state index contributed by atoms with van der Waals surface area (Å²) in [6.45, 7) is 0. The maximum Gasteiger partial charge on any atom is 0.337 e. The first-order chi connectivity index (χ1) is 9.94. The molecule has 0 heterocycles. The Labute approximate surface area is 124 Å². The van der Waals surface area contributed by atoms with Gasteiger partial charge in [-0.15, -0.1) is 0 Å². The van der Waals surface area contributed by atoms with Gasteiger partial charge in [0.2, 0.25) is 10.0 Å². The highest BCUT2D eigenvalue weighted by atomic mass is 32.2. The molecule has 0 amide bonds. The van der Waals surface area contributed by atoms with Gasteiger partial charge in [0, 0.05) is 11.7 Å². The van der Waals surface area contributed by atoms with Crippen LogP contribution in [-0.4, -0.2) is 32.6 Å². The smallest absolute Gasteiger partial charge is 0.337 e. The quantitative estimate of drug-likeness (QED) is 0.773. The molecule has 116 valence electrons. The number of hydrogen-bond acceptors (Lipinski definition) is 4. The number of carboxylic acid groups (broad SMARTS) is 1. The number of nitrogens with one attached hydrogen (secondary N) is 2. The Morgan fingerprint density at radius 3 is 2.48 bits per heavy atom. The second-order valence-electron chi connectivity index (χ2n) is 5.20. The molecule has 3 N–H and O–H groups in total. The van der Waals surface area contributed by atoms with Gasteiger partial charge in [0.05, 0.1) is 10.5 Å². The highest BCUT2D eigenvalue weighted by Crippen LogP contribution is 2.25. The Bertz CT molecular complexity index is 622. The van der Waals surface area contributed by atoms with E-state index in [9.17, 15) is 18.3 Å². The zero-order valence-electron chi connectivity index (χ0n) is 11.9. The lowest BCUT2D eigenvalue weighted by molar-refractivity contribution is 0.0697. The first-order valence-electron chi connectivity index (χ1n) is 7.01. The number of rotatable bonds is 5. The molecule has 21 heavy (non-hydrogen) atoms. The van der Waals surface area contributed by atoms with Crippen molar-refractivity contribution in [2.45, 2.75) is 43.0 Å². The molecule has 1 aliphatic rings. The second-order valence-corrected chi connectivity index (χ2v) is 7.09.